The minimum absolute atomic E-state index is 0.0699. The molecule has 22 heavy (non-hydrogen) atoms. The van der Waals surface area contributed by atoms with E-state index in [-0.39, 0.29) is 11.8 Å². The van der Waals surface area contributed by atoms with Crippen LogP contribution in [0.5, 0.6) is 0 Å². The van der Waals surface area contributed by atoms with E-state index in [1.807, 2.05) is 6.92 Å². The highest BCUT2D eigenvalue weighted by Crippen LogP contribution is 2.35. The van der Waals surface area contributed by atoms with Gasteiger partial charge in [-0.25, -0.2) is 0 Å². The van der Waals surface area contributed by atoms with E-state index >= 15 is 0 Å². The molecule has 1 saturated heterocycles. The molecular formula is C15H22ClN3O3. The number of likely N-dealkylation sites (tertiary alicyclic amines) is 1. The van der Waals surface area contributed by atoms with Crippen molar-refractivity contribution in [1.29, 1.82) is 0 Å². The second-order valence-electron chi connectivity index (χ2n) is 6.27. The first kappa shape index (κ1) is 16.8. The molecule has 1 amide bonds. The van der Waals surface area contributed by atoms with Gasteiger partial charge in [0.1, 0.15) is 5.69 Å². The van der Waals surface area contributed by atoms with Gasteiger partial charge in [0.15, 0.2) is 0 Å². The van der Waals surface area contributed by atoms with Crippen molar-refractivity contribution in [2.24, 2.45) is 11.3 Å². The van der Waals surface area contributed by atoms with Gasteiger partial charge in [-0.05, 0) is 39.5 Å². The molecule has 1 aromatic rings. The maximum Gasteiger partial charge on any atom is 0.309 e. The first-order valence-electron chi connectivity index (χ1n) is 7.53. The summed E-state index contributed by atoms with van der Waals surface area (Å²) in [5.41, 5.74) is -0.466. The molecule has 1 aliphatic heterocycles. The Morgan fingerprint density at radius 2 is 2.18 bits per heavy atom. The maximum absolute atomic E-state index is 12.7. The maximum atomic E-state index is 12.7. The lowest BCUT2D eigenvalue weighted by molar-refractivity contribution is -0.151. The molecule has 6 nitrogen and oxygen atoms in total. The molecule has 1 aliphatic rings. The molecule has 0 aliphatic carbocycles. The summed E-state index contributed by atoms with van der Waals surface area (Å²) in [6.45, 7) is 6.95. The van der Waals surface area contributed by atoms with Crippen LogP contribution in [0.15, 0.2) is 6.20 Å². The Kier molecular flexibility index (Phi) is 4.80. The number of halogens is 1. The van der Waals surface area contributed by atoms with Crippen molar-refractivity contribution in [2.45, 2.75) is 40.2 Å². The van der Waals surface area contributed by atoms with Crippen molar-refractivity contribution in [2.75, 3.05) is 13.1 Å². The fraction of sp³-hybridized carbons (Fsp3) is 0.667. The zero-order valence-corrected chi connectivity index (χ0v) is 13.9. The molecule has 2 heterocycles. The molecule has 0 spiro atoms. The number of aromatic nitrogens is 2. The third-order valence-electron chi connectivity index (χ3n) is 4.58. The van der Waals surface area contributed by atoms with Gasteiger partial charge in [0.2, 0.25) is 0 Å². The quantitative estimate of drug-likeness (QED) is 0.922. The van der Waals surface area contributed by atoms with Gasteiger partial charge >= 0.3 is 5.97 Å². The first-order valence-corrected chi connectivity index (χ1v) is 7.90. The molecule has 1 aromatic heterocycles. The number of carboxylic acid groups (broad SMARTS) is 1. The average molecular weight is 328 g/mol. The molecule has 0 saturated carbocycles. The van der Waals surface area contributed by atoms with E-state index in [4.69, 9.17) is 11.6 Å². The Bertz CT molecular complexity index is 583. The Morgan fingerprint density at radius 3 is 2.77 bits per heavy atom. The summed E-state index contributed by atoms with van der Waals surface area (Å²) in [6, 6.07) is 0. The van der Waals surface area contributed by atoms with Gasteiger partial charge in [-0.3, -0.25) is 14.3 Å². The zero-order valence-electron chi connectivity index (χ0n) is 13.2. The monoisotopic (exact) mass is 327 g/mol. The molecule has 1 atom stereocenters. The number of amides is 1. The largest absolute Gasteiger partial charge is 0.481 e. The Balaban J connectivity index is 2.21. The zero-order chi connectivity index (χ0) is 16.5. The number of hydrogen-bond donors (Lipinski definition) is 1. The van der Waals surface area contributed by atoms with Crippen LogP contribution >= 0.6 is 11.6 Å². The fourth-order valence-electron chi connectivity index (χ4n) is 2.89. The van der Waals surface area contributed by atoms with Gasteiger partial charge in [-0.2, -0.15) is 5.10 Å². The molecule has 0 bridgehead atoms. The van der Waals surface area contributed by atoms with E-state index in [0.717, 1.165) is 12.8 Å². The van der Waals surface area contributed by atoms with Crippen LogP contribution in [-0.2, 0) is 11.3 Å². The van der Waals surface area contributed by atoms with Gasteiger partial charge in [0.25, 0.3) is 5.91 Å². The summed E-state index contributed by atoms with van der Waals surface area (Å²) in [7, 11) is 0. The molecular weight excluding hydrogens is 306 g/mol. The highest BCUT2D eigenvalue weighted by Gasteiger charge is 2.40. The molecule has 0 aromatic carbocycles. The van der Waals surface area contributed by atoms with Gasteiger partial charge in [-0.1, -0.05) is 11.6 Å². The normalized spacial score (nSPS) is 19.3. The lowest BCUT2D eigenvalue weighted by Gasteiger charge is -2.39. The Hall–Kier alpha value is -1.56. The molecule has 122 valence electrons. The number of hydrogen-bond acceptors (Lipinski definition) is 3. The molecule has 2 rings (SSSR count). The van der Waals surface area contributed by atoms with Gasteiger partial charge in [0.05, 0.1) is 16.6 Å². The molecule has 7 heteroatoms. The topological polar surface area (TPSA) is 75.4 Å². The predicted molar refractivity (Wildman–Crippen MR) is 83.0 cm³/mol. The predicted octanol–water partition coefficient (Wildman–Crippen LogP) is 2.52. The highest BCUT2D eigenvalue weighted by molar-refractivity contribution is 6.33. The van der Waals surface area contributed by atoms with E-state index in [9.17, 15) is 14.7 Å². The van der Waals surface area contributed by atoms with Gasteiger partial charge in [0, 0.05) is 19.6 Å². The van der Waals surface area contributed by atoms with E-state index in [0.29, 0.717) is 30.4 Å². The van der Waals surface area contributed by atoms with Crippen LogP contribution in [0.2, 0.25) is 5.02 Å². The summed E-state index contributed by atoms with van der Waals surface area (Å²) in [4.78, 5) is 25.9. The van der Waals surface area contributed by atoms with Crippen LogP contribution < -0.4 is 0 Å². The van der Waals surface area contributed by atoms with Crippen LogP contribution in [0.1, 0.15) is 44.1 Å². The van der Waals surface area contributed by atoms with Gasteiger partial charge in [-0.15, -0.1) is 0 Å². The van der Waals surface area contributed by atoms with Crippen molar-refractivity contribution in [1.82, 2.24) is 14.7 Å². The van der Waals surface area contributed by atoms with Gasteiger partial charge < -0.3 is 10.0 Å². The standard InChI is InChI=1S/C15H22ClN3O3/c1-4-19-12(11(16)8-17-19)13(20)18-7-5-6-10(9-18)15(2,3)14(21)22/h8,10H,4-7,9H2,1-3H3,(H,21,22)/t10-/m0/s1. The van der Waals surface area contributed by atoms with E-state index in [2.05, 4.69) is 5.10 Å². The van der Waals surface area contributed by atoms with Crippen molar-refractivity contribution in [3.8, 4) is 0 Å². The lowest BCUT2D eigenvalue weighted by Crippen LogP contribution is -2.47. The van der Waals surface area contributed by atoms with Crippen LogP contribution in [-0.4, -0.2) is 44.8 Å². The number of aliphatic carboxylic acids is 1. The van der Waals surface area contributed by atoms with E-state index in [1.54, 1.807) is 23.4 Å². The molecule has 1 fully saturated rings. The molecule has 0 unspecified atom stereocenters. The highest BCUT2D eigenvalue weighted by atomic mass is 35.5. The summed E-state index contributed by atoms with van der Waals surface area (Å²) < 4.78 is 1.58. The Labute approximate surface area is 135 Å². The van der Waals surface area contributed by atoms with Crippen LogP contribution in [0.25, 0.3) is 0 Å². The number of carbonyl (C=O) groups is 2. The van der Waals surface area contributed by atoms with Crippen molar-refractivity contribution >= 4 is 23.5 Å². The average Bonchev–Trinajstić information content (AvgIpc) is 2.87. The van der Waals surface area contributed by atoms with E-state index in [1.165, 1.54) is 6.20 Å². The minimum Gasteiger partial charge on any atom is -0.481 e. The smallest absolute Gasteiger partial charge is 0.309 e. The number of rotatable bonds is 4. The summed E-state index contributed by atoms with van der Waals surface area (Å²) >= 11 is 6.09. The van der Waals surface area contributed by atoms with Crippen molar-refractivity contribution in [3.63, 3.8) is 0 Å². The summed E-state index contributed by atoms with van der Waals surface area (Å²) in [5, 5.41) is 13.8. The van der Waals surface area contributed by atoms with Crippen LogP contribution in [0.4, 0.5) is 0 Å². The Morgan fingerprint density at radius 1 is 1.50 bits per heavy atom. The lowest BCUT2D eigenvalue weighted by atomic mass is 9.74. The first-order chi connectivity index (χ1) is 10.3. The number of carbonyl (C=O) groups excluding carboxylic acids is 1. The second-order valence-corrected chi connectivity index (χ2v) is 6.68. The van der Waals surface area contributed by atoms with Crippen molar-refractivity contribution in [3.05, 3.63) is 16.9 Å². The van der Waals surface area contributed by atoms with E-state index < -0.39 is 11.4 Å². The number of nitrogens with zero attached hydrogens (tertiary/aromatic N) is 3. The number of aryl methyl sites for hydroxylation is 1. The third kappa shape index (κ3) is 2.97. The SMILES string of the molecule is CCn1ncc(Cl)c1C(=O)N1CCC[C@H](C(C)(C)C(=O)O)C1. The van der Waals surface area contributed by atoms with Crippen LogP contribution in [0.3, 0.4) is 0 Å². The number of carboxylic acids is 1. The summed E-state index contributed by atoms with van der Waals surface area (Å²) in [6.07, 6.45) is 3.08. The molecule has 1 N–H and O–H groups in total. The summed E-state index contributed by atoms with van der Waals surface area (Å²) in [5.74, 6) is -1.07. The fourth-order valence-corrected chi connectivity index (χ4v) is 3.11. The molecule has 0 radical (unpaired) electrons. The van der Waals surface area contributed by atoms with Crippen LogP contribution in [0, 0.1) is 11.3 Å². The van der Waals surface area contributed by atoms with Crippen molar-refractivity contribution < 1.29 is 14.7 Å². The third-order valence-corrected chi connectivity index (χ3v) is 4.85. The minimum atomic E-state index is -0.853. The number of piperidine rings is 1. The second kappa shape index (κ2) is 6.28.